The van der Waals surface area contributed by atoms with Crippen molar-refractivity contribution >= 4 is 81.6 Å². The van der Waals surface area contributed by atoms with Gasteiger partial charge in [0.05, 0.1) is 38.8 Å². The predicted octanol–water partition coefficient (Wildman–Crippen LogP) is 13.9. The van der Waals surface area contributed by atoms with Crippen LogP contribution in [0.3, 0.4) is 0 Å². The Balaban J connectivity index is 1.13. The Morgan fingerprint density at radius 2 is 1.08 bits per heavy atom. The second-order valence-electron chi connectivity index (χ2n) is 16.0. The zero-order valence-electron chi connectivity index (χ0n) is 31.8. The summed E-state index contributed by atoms with van der Waals surface area (Å²) in [5.41, 5.74) is 15.3. The molecule has 9 aromatic carbocycles. The molecule has 0 spiro atoms. The Morgan fingerprint density at radius 1 is 0.407 bits per heavy atom. The third kappa shape index (κ3) is 4.02. The molecule has 4 heteroatoms. The molecular formula is C55H32N4. The van der Waals surface area contributed by atoms with E-state index in [9.17, 15) is 0 Å². The van der Waals surface area contributed by atoms with Crippen molar-refractivity contribution in [3.8, 4) is 28.3 Å². The smallest absolute Gasteiger partial charge is 0.235 e. The lowest BCUT2D eigenvalue weighted by molar-refractivity contribution is 1.01. The van der Waals surface area contributed by atoms with Gasteiger partial charge in [0.15, 0.2) is 0 Å². The number of hydrogen-bond acceptors (Lipinski definition) is 2. The highest BCUT2D eigenvalue weighted by Gasteiger charge is 2.33. The minimum absolute atomic E-state index is 0.142. The van der Waals surface area contributed by atoms with Crippen LogP contribution in [0.25, 0.3) is 110 Å². The van der Waals surface area contributed by atoms with Crippen LogP contribution in [0.15, 0.2) is 188 Å². The Kier molecular flexibility index (Phi) is 6.05. The molecule has 0 saturated heterocycles. The van der Waals surface area contributed by atoms with Crippen LogP contribution >= 0.6 is 0 Å². The fourth-order valence-electron chi connectivity index (χ4n) is 10.8. The molecule has 4 heterocycles. The van der Waals surface area contributed by atoms with Crippen molar-refractivity contribution in [2.45, 2.75) is 5.92 Å². The number of rotatable bonds is 3. The molecule has 272 valence electrons. The van der Waals surface area contributed by atoms with Gasteiger partial charge in [-0.25, -0.2) is 9.97 Å². The Bertz CT molecular complexity index is 3910. The van der Waals surface area contributed by atoms with Crippen molar-refractivity contribution in [2.24, 2.45) is 0 Å². The van der Waals surface area contributed by atoms with E-state index in [2.05, 4.69) is 197 Å². The minimum Gasteiger partial charge on any atom is -0.308 e. The molecule has 4 aromatic heterocycles. The second-order valence-corrected chi connectivity index (χ2v) is 16.0. The largest absolute Gasteiger partial charge is 0.308 e. The van der Waals surface area contributed by atoms with Crippen molar-refractivity contribution in [3.05, 3.63) is 205 Å². The number of para-hydroxylation sites is 3. The Morgan fingerprint density at radius 3 is 1.98 bits per heavy atom. The van der Waals surface area contributed by atoms with Gasteiger partial charge in [0, 0.05) is 49.2 Å². The molecule has 0 aliphatic heterocycles. The summed E-state index contributed by atoms with van der Waals surface area (Å²) in [6.45, 7) is 0. The average Bonchev–Trinajstić information content (AvgIpc) is 4.03. The molecule has 1 unspecified atom stereocenters. The molecule has 13 aromatic rings. The van der Waals surface area contributed by atoms with E-state index in [1.807, 2.05) is 0 Å². The summed E-state index contributed by atoms with van der Waals surface area (Å²) in [6.07, 6.45) is 0. The third-order valence-corrected chi connectivity index (χ3v) is 13.1. The van der Waals surface area contributed by atoms with Gasteiger partial charge in [-0.15, -0.1) is 0 Å². The first kappa shape index (κ1) is 31.3. The first-order chi connectivity index (χ1) is 29.3. The number of nitrogens with zero attached hydrogens (tertiary/aromatic N) is 4. The molecule has 14 rings (SSSR count). The monoisotopic (exact) mass is 748 g/mol. The standard InChI is InChI=1S/C55H32N4/c1-2-16-33(17-3-1)48-36-20-6-7-21-37(36)49-40(48)24-14-25-41(49)53-38-22-8-11-26-43(38)56-55(57-53)59-45-28-13-10-23-39(45)51-47(59)31-42-35-19-9-12-27-44(35)58-46-30-29-32-15-4-5-18-34(32)50(46)52(51)54(42)58/h1-31,48H. The zero-order valence-corrected chi connectivity index (χ0v) is 31.8. The van der Waals surface area contributed by atoms with Crippen LogP contribution in [-0.2, 0) is 0 Å². The quantitative estimate of drug-likeness (QED) is 0.180. The van der Waals surface area contributed by atoms with Crippen LogP contribution in [0.1, 0.15) is 22.6 Å². The number of benzene rings is 9. The second kappa shape index (κ2) is 11.4. The Labute approximate surface area is 338 Å². The highest BCUT2D eigenvalue weighted by atomic mass is 15.2. The molecule has 1 aliphatic rings. The minimum atomic E-state index is 0.142. The fourth-order valence-corrected chi connectivity index (χ4v) is 10.8. The van der Waals surface area contributed by atoms with Crippen LogP contribution in [0.4, 0.5) is 0 Å². The number of aromatic nitrogens is 4. The fraction of sp³-hybridized carbons (Fsp3) is 0.0182. The summed E-state index contributed by atoms with van der Waals surface area (Å²) < 4.78 is 4.82. The van der Waals surface area contributed by atoms with Crippen molar-refractivity contribution < 1.29 is 0 Å². The summed E-state index contributed by atoms with van der Waals surface area (Å²) in [6, 6.07) is 68.6. The van der Waals surface area contributed by atoms with E-state index in [1.54, 1.807) is 0 Å². The third-order valence-electron chi connectivity index (χ3n) is 13.1. The highest BCUT2D eigenvalue weighted by Crippen LogP contribution is 2.52. The number of fused-ring (bicyclic) bond motifs is 16. The molecule has 59 heavy (non-hydrogen) atoms. The highest BCUT2D eigenvalue weighted by molar-refractivity contribution is 6.38. The summed E-state index contributed by atoms with van der Waals surface area (Å²) >= 11 is 0. The van der Waals surface area contributed by atoms with E-state index in [4.69, 9.17) is 9.97 Å². The molecule has 0 N–H and O–H groups in total. The van der Waals surface area contributed by atoms with Crippen molar-refractivity contribution in [1.29, 1.82) is 0 Å². The van der Waals surface area contributed by atoms with Gasteiger partial charge < -0.3 is 4.40 Å². The van der Waals surface area contributed by atoms with Gasteiger partial charge in [-0.3, -0.25) is 4.57 Å². The van der Waals surface area contributed by atoms with Gasteiger partial charge in [-0.05, 0) is 68.9 Å². The van der Waals surface area contributed by atoms with E-state index >= 15 is 0 Å². The van der Waals surface area contributed by atoms with Crippen molar-refractivity contribution in [2.75, 3.05) is 0 Å². The van der Waals surface area contributed by atoms with E-state index < -0.39 is 0 Å². The van der Waals surface area contributed by atoms with Gasteiger partial charge in [0.1, 0.15) is 0 Å². The van der Waals surface area contributed by atoms with Gasteiger partial charge in [0.25, 0.3) is 0 Å². The molecule has 1 aliphatic carbocycles. The van der Waals surface area contributed by atoms with Crippen LogP contribution in [-0.4, -0.2) is 18.9 Å². The lowest BCUT2D eigenvalue weighted by atomic mass is 9.88. The van der Waals surface area contributed by atoms with Gasteiger partial charge in [-0.1, -0.05) is 158 Å². The van der Waals surface area contributed by atoms with Gasteiger partial charge in [-0.2, -0.15) is 0 Å². The van der Waals surface area contributed by atoms with Crippen LogP contribution < -0.4 is 0 Å². The predicted molar refractivity (Wildman–Crippen MR) is 244 cm³/mol. The maximum Gasteiger partial charge on any atom is 0.235 e. The molecular weight excluding hydrogens is 717 g/mol. The van der Waals surface area contributed by atoms with Crippen LogP contribution in [0.5, 0.6) is 0 Å². The average molecular weight is 749 g/mol. The molecule has 0 radical (unpaired) electrons. The molecule has 1 atom stereocenters. The zero-order chi connectivity index (χ0) is 38.3. The lowest BCUT2D eigenvalue weighted by Crippen LogP contribution is -2.04. The molecule has 0 fully saturated rings. The summed E-state index contributed by atoms with van der Waals surface area (Å²) in [4.78, 5) is 11.1. The first-order valence-corrected chi connectivity index (χ1v) is 20.4. The lowest BCUT2D eigenvalue weighted by Gasteiger charge is -2.16. The molecule has 4 nitrogen and oxygen atoms in total. The van der Waals surface area contributed by atoms with E-state index in [0.717, 1.165) is 33.2 Å². The topological polar surface area (TPSA) is 35.1 Å². The first-order valence-electron chi connectivity index (χ1n) is 20.4. The Hall–Kier alpha value is -7.82. The molecule has 0 saturated carbocycles. The summed E-state index contributed by atoms with van der Waals surface area (Å²) in [7, 11) is 0. The summed E-state index contributed by atoms with van der Waals surface area (Å²) in [5, 5.41) is 11.0. The molecule has 0 amide bonds. The van der Waals surface area contributed by atoms with Gasteiger partial charge >= 0.3 is 0 Å². The van der Waals surface area contributed by atoms with Crippen LogP contribution in [0, 0.1) is 0 Å². The maximum absolute atomic E-state index is 5.70. The maximum atomic E-state index is 5.70. The van der Waals surface area contributed by atoms with Crippen molar-refractivity contribution in [3.63, 3.8) is 0 Å². The summed E-state index contributed by atoms with van der Waals surface area (Å²) in [5.74, 6) is 0.809. The van der Waals surface area contributed by atoms with Crippen LogP contribution in [0.2, 0.25) is 0 Å². The molecule has 0 bridgehead atoms. The van der Waals surface area contributed by atoms with Gasteiger partial charge in [0.2, 0.25) is 5.95 Å². The van der Waals surface area contributed by atoms with E-state index in [-0.39, 0.29) is 5.92 Å². The van der Waals surface area contributed by atoms with E-state index in [1.165, 1.54) is 87.5 Å². The normalized spacial score (nSPS) is 13.9. The number of hydrogen-bond donors (Lipinski definition) is 0. The van der Waals surface area contributed by atoms with Crippen molar-refractivity contribution in [1.82, 2.24) is 18.9 Å². The SMILES string of the molecule is c1ccc(C2c3ccccc3-c3c(-c4nc(-n5c6ccccc6c6c7c8c9ccccc9ccc8n8c9ccccc9c(cc65)c78)nc5ccccc45)cccc32)cc1. The van der Waals surface area contributed by atoms with E-state index in [0.29, 0.717) is 5.95 Å².